The lowest BCUT2D eigenvalue weighted by atomic mass is 9.85. The summed E-state index contributed by atoms with van der Waals surface area (Å²) in [5, 5.41) is 13.1. The van der Waals surface area contributed by atoms with E-state index in [0.29, 0.717) is 34.1 Å². The number of carbonyl (C=O) groups is 2. The Hall–Kier alpha value is -3.91. The summed E-state index contributed by atoms with van der Waals surface area (Å²) in [7, 11) is 0. The Morgan fingerprint density at radius 3 is 2.45 bits per heavy atom. The number of fused-ring (bicyclic) bond motifs is 1. The number of pyridine rings is 1. The number of halogens is 1. The number of rotatable bonds is 6. The Morgan fingerprint density at radius 2 is 1.74 bits per heavy atom. The first-order valence-corrected chi connectivity index (χ1v) is 13.1. The van der Waals surface area contributed by atoms with Gasteiger partial charge in [0.2, 0.25) is 0 Å². The van der Waals surface area contributed by atoms with Crippen LogP contribution in [0.1, 0.15) is 57.7 Å². The maximum Gasteiger partial charge on any atom is 0.336 e. The van der Waals surface area contributed by atoms with Crippen LogP contribution in [0.4, 0.5) is 0 Å². The number of nitrogens with one attached hydrogen (secondary N) is 1. The molecule has 1 aliphatic rings. The van der Waals surface area contributed by atoms with Gasteiger partial charge in [-0.2, -0.15) is 0 Å². The van der Waals surface area contributed by atoms with Crippen molar-refractivity contribution in [1.29, 1.82) is 0 Å². The molecule has 0 atom stereocenters. The van der Waals surface area contributed by atoms with Crippen LogP contribution in [0.25, 0.3) is 16.7 Å². The molecule has 2 N–H and O–H groups in total. The number of carboxylic acids is 1. The number of imidazole rings is 1. The molecule has 2 aromatic heterocycles. The summed E-state index contributed by atoms with van der Waals surface area (Å²) in [6.07, 6.45) is 4.91. The molecule has 4 aromatic rings. The number of hydrogen-bond donors (Lipinski definition) is 2. The van der Waals surface area contributed by atoms with E-state index in [9.17, 15) is 19.5 Å². The van der Waals surface area contributed by atoms with Crippen LogP contribution in [0.15, 0.2) is 59.5 Å². The molecule has 8 nitrogen and oxygen atoms in total. The van der Waals surface area contributed by atoms with Gasteiger partial charge in [-0.1, -0.05) is 29.8 Å². The smallest absolute Gasteiger partial charge is 0.336 e. The van der Waals surface area contributed by atoms with Crippen LogP contribution in [-0.2, 0) is 6.54 Å². The number of carbonyl (C=O) groups excluding carboxylic acids is 1. The van der Waals surface area contributed by atoms with E-state index in [4.69, 9.17) is 11.6 Å². The number of nitrogens with zero attached hydrogens (tertiary/aromatic N) is 3. The van der Waals surface area contributed by atoms with Crippen molar-refractivity contribution in [2.75, 3.05) is 0 Å². The number of aromatic nitrogens is 3. The summed E-state index contributed by atoms with van der Waals surface area (Å²) in [6, 6.07) is 14.3. The van der Waals surface area contributed by atoms with Crippen molar-refractivity contribution < 1.29 is 14.7 Å². The summed E-state index contributed by atoms with van der Waals surface area (Å²) in [4.78, 5) is 42.3. The SMILES string of the molecule is Cc1ccc(-n2c(=O)n(CC3CCC(NC(=O)c4cc(Cl)cnc4C)CC3)c3ccccc32)cc1C(=O)O. The molecule has 0 spiro atoms. The van der Waals surface area contributed by atoms with E-state index in [1.54, 1.807) is 47.2 Å². The molecule has 0 aliphatic heterocycles. The number of para-hydroxylation sites is 2. The quantitative estimate of drug-likeness (QED) is 0.357. The van der Waals surface area contributed by atoms with Crippen molar-refractivity contribution in [2.45, 2.75) is 52.1 Å². The van der Waals surface area contributed by atoms with E-state index in [2.05, 4.69) is 10.3 Å². The second-order valence-electron chi connectivity index (χ2n) is 10.00. The minimum Gasteiger partial charge on any atom is -0.478 e. The minimum absolute atomic E-state index is 0.0530. The molecule has 0 bridgehead atoms. The average Bonchev–Trinajstić information content (AvgIpc) is 3.17. The number of carboxylic acid groups (broad SMARTS) is 1. The lowest BCUT2D eigenvalue weighted by Gasteiger charge is -2.29. The van der Waals surface area contributed by atoms with E-state index in [0.717, 1.165) is 36.7 Å². The Morgan fingerprint density at radius 1 is 1.03 bits per heavy atom. The second-order valence-corrected chi connectivity index (χ2v) is 10.4. The largest absolute Gasteiger partial charge is 0.478 e. The van der Waals surface area contributed by atoms with Crippen molar-refractivity contribution in [3.8, 4) is 5.69 Å². The van der Waals surface area contributed by atoms with Crippen LogP contribution in [0.5, 0.6) is 0 Å². The predicted octanol–water partition coefficient (Wildman–Crippen LogP) is 5.14. The topological polar surface area (TPSA) is 106 Å². The van der Waals surface area contributed by atoms with Crippen molar-refractivity contribution in [2.24, 2.45) is 5.92 Å². The monoisotopic (exact) mass is 532 g/mol. The maximum absolute atomic E-state index is 13.7. The molecule has 1 aliphatic carbocycles. The zero-order valence-corrected chi connectivity index (χ0v) is 22.0. The first-order valence-electron chi connectivity index (χ1n) is 12.7. The Balaban J connectivity index is 1.34. The number of hydrogen-bond acceptors (Lipinski definition) is 4. The summed E-state index contributed by atoms with van der Waals surface area (Å²) in [5.41, 5.74) is 3.84. The van der Waals surface area contributed by atoms with E-state index in [1.807, 2.05) is 24.3 Å². The van der Waals surface area contributed by atoms with Gasteiger partial charge in [-0.05, 0) is 81.3 Å². The van der Waals surface area contributed by atoms with Crippen LogP contribution in [0, 0.1) is 19.8 Å². The van der Waals surface area contributed by atoms with Crippen LogP contribution < -0.4 is 11.0 Å². The van der Waals surface area contributed by atoms with E-state index in [1.165, 1.54) is 6.20 Å². The summed E-state index contributed by atoms with van der Waals surface area (Å²) in [6.45, 7) is 4.09. The molecule has 5 rings (SSSR count). The zero-order valence-electron chi connectivity index (χ0n) is 21.3. The molecule has 1 amide bonds. The van der Waals surface area contributed by atoms with Crippen molar-refractivity contribution >= 4 is 34.5 Å². The molecule has 0 saturated heterocycles. The van der Waals surface area contributed by atoms with Crippen LogP contribution in [-0.4, -0.2) is 37.1 Å². The van der Waals surface area contributed by atoms with Crippen LogP contribution >= 0.6 is 11.6 Å². The molecule has 0 radical (unpaired) electrons. The minimum atomic E-state index is -1.02. The van der Waals surface area contributed by atoms with Gasteiger partial charge in [0.05, 0.1) is 38.6 Å². The standard InChI is InChI=1S/C29H29ClN4O4/c1-17-7-12-22(14-23(17)28(36)37)34-26-6-4-3-5-25(26)33(29(34)38)16-19-8-10-21(11-9-19)32-27(35)24-13-20(30)15-31-18(24)2/h3-7,12-15,19,21H,8-11,16H2,1-2H3,(H,32,35)(H,36,37). The van der Waals surface area contributed by atoms with Gasteiger partial charge >= 0.3 is 11.7 Å². The molecule has 196 valence electrons. The Bertz CT molecular complexity index is 1600. The van der Waals surface area contributed by atoms with Gasteiger partial charge in [0.15, 0.2) is 0 Å². The van der Waals surface area contributed by atoms with Crippen molar-refractivity contribution in [3.05, 3.63) is 92.6 Å². The summed E-state index contributed by atoms with van der Waals surface area (Å²) < 4.78 is 3.38. The van der Waals surface area contributed by atoms with Gasteiger partial charge in [0.25, 0.3) is 5.91 Å². The first-order chi connectivity index (χ1) is 18.2. The lowest BCUT2D eigenvalue weighted by Crippen LogP contribution is -2.39. The lowest BCUT2D eigenvalue weighted by molar-refractivity contribution is 0.0695. The van der Waals surface area contributed by atoms with Crippen molar-refractivity contribution in [1.82, 2.24) is 19.4 Å². The molecular formula is C29H29ClN4O4. The third kappa shape index (κ3) is 4.96. The molecular weight excluding hydrogens is 504 g/mol. The fourth-order valence-electron chi connectivity index (χ4n) is 5.36. The average molecular weight is 533 g/mol. The zero-order chi connectivity index (χ0) is 27.0. The fourth-order valence-corrected chi connectivity index (χ4v) is 5.52. The van der Waals surface area contributed by atoms with Gasteiger partial charge in [0.1, 0.15) is 0 Å². The van der Waals surface area contributed by atoms with Gasteiger partial charge in [-0.3, -0.25) is 18.9 Å². The predicted molar refractivity (Wildman–Crippen MR) is 146 cm³/mol. The maximum atomic E-state index is 13.7. The molecule has 1 fully saturated rings. The Kier molecular flexibility index (Phi) is 7.08. The van der Waals surface area contributed by atoms with E-state index >= 15 is 0 Å². The highest BCUT2D eigenvalue weighted by molar-refractivity contribution is 6.30. The van der Waals surface area contributed by atoms with Crippen molar-refractivity contribution in [3.63, 3.8) is 0 Å². The molecule has 1 saturated carbocycles. The normalized spacial score (nSPS) is 17.4. The molecule has 2 heterocycles. The first kappa shape index (κ1) is 25.7. The summed E-state index contributed by atoms with van der Waals surface area (Å²) >= 11 is 6.03. The Labute approximate surface area is 224 Å². The van der Waals surface area contributed by atoms with E-state index in [-0.39, 0.29) is 29.1 Å². The molecule has 9 heteroatoms. The van der Waals surface area contributed by atoms with Crippen LogP contribution in [0.2, 0.25) is 5.02 Å². The molecule has 0 unspecified atom stereocenters. The highest BCUT2D eigenvalue weighted by atomic mass is 35.5. The second kappa shape index (κ2) is 10.5. The van der Waals surface area contributed by atoms with Gasteiger partial charge in [-0.25, -0.2) is 9.59 Å². The summed E-state index contributed by atoms with van der Waals surface area (Å²) in [5.74, 6) is -0.909. The number of aryl methyl sites for hydroxylation is 2. The number of amides is 1. The molecule has 2 aromatic carbocycles. The fraction of sp³-hybridized carbons (Fsp3) is 0.310. The highest BCUT2D eigenvalue weighted by Crippen LogP contribution is 2.28. The van der Waals surface area contributed by atoms with E-state index < -0.39 is 5.97 Å². The number of benzene rings is 2. The molecule has 38 heavy (non-hydrogen) atoms. The van der Waals surface area contributed by atoms with Gasteiger partial charge in [0, 0.05) is 18.8 Å². The number of aromatic carboxylic acids is 1. The van der Waals surface area contributed by atoms with Crippen LogP contribution in [0.3, 0.4) is 0 Å². The third-order valence-corrected chi connectivity index (χ3v) is 7.67. The third-order valence-electron chi connectivity index (χ3n) is 7.47. The van der Waals surface area contributed by atoms with Gasteiger partial charge < -0.3 is 10.4 Å². The van der Waals surface area contributed by atoms with Gasteiger partial charge in [-0.15, -0.1) is 0 Å². The highest BCUT2D eigenvalue weighted by Gasteiger charge is 2.26.